The zero-order chi connectivity index (χ0) is 9.84. The number of pyridine rings is 1. The molecule has 0 aromatic carbocycles. The Kier molecular flexibility index (Phi) is 3.39. The smallest absolute Gasteiger partial charge is 0.0805 e. The van der Waals surface area contributed by atoms with E-state index < -0.39 is 6.10 Å². The highest BCUT2D eigenvalue weighted by atomic mass is 16.3. The molecular formula is C10H16N2O. The number of nitrogens with two attached hydrogens (primary N) is 1. The number of aryl methyl sites for hydroxylation is 1. The second kappa shape index (κ2) is 4.35. The van der Waals surface area contributed by atoms with E-state index in [2.05, 4.69) is 4.98 Å². The van der Waals surface area contributed by atoms with E-state index in [0.29, 0.717) is 13.0 Å². The molecular weight excluding hydrogens is 164 g/mol. The lowest BCUT2D eigenvalue weighted by atomic mass is 10.0. The number of hydrogen-bond donors (Lipinski definition) is 2. The maximum Gasteiger partial charge on any atom is 0.0805 e. The highest BCUT2D eigenvalue weighted by Gasteiger charge is 2.10. The molecule has 3 heteroatoms. The SMILES string of the molecule is Cc1nccc(C(O)CCN)c1C. The summed E-state index contributed by atoms with van der Waals surface area (Å²) in [5.74, 6) is 0. The molecule has 3 nitrogen and oxygen atoms in total. The summed E-state index contributed by atoms with van der Waals surface area (Å²) < 4.78 is 0. The van der Waals surface area contributed by atoms with E-state index in [4.69, 9.17) is 5.73 Å². The summed E-state index contributed by atoms with van der Waals surface area (Å²) in [6, 6.07) is 1.85. The zero-order valence-corrected chi connectivity index (χ0v) is 8.12. The largest absolute Gasteiger partial charge is 0.388 e. The van der Waals surface area contributed by atoms with Crippen LogP contribution in [0.4, 0.5) is 0 Å². The summed E-state index contributed by atoms with van der Waals surface area (Å²) in [4.78, 5) is 4.14. The van der Waals surface area contributed by atoms with Crippen LogP contribution in [0, 0.1) is 13.8 Å². The van der Waals surface area contributed by atoms with Crippen LogP contribution >= 0.6 is 0 Å². The van der Waals surface area contributed by atoms with Crippen LogP contribution in [0.15, 0.2) is 12.3 Å². The van der Waals surface area contributed by atoms with Gasteiger partial charge in [0.2, 0.25) is 0 Å². The maximum absolute atomic E-state index is 9.72. The molecule has 0 spiro atoms. The van der Waals surface area contributed by atoms with Crippen molar-refractivity contribution in [1.82, 2.24) is 4.98 Å². The van der Waals surface area contributed by atoms with Crippen LogP contribution in [0.3, 0.4) is 0 Å². The fraction of sp³-hybridized carbons (Fsp3) is 0.500. The van der Waals surface area contributed by atoms with Crippen molar-refractivity contribution in [3.8, 4) is 0 Å². The monoisotopic (exact) mass is 180 g/mol. The molecule has 1 heterocycles. The topological polar surface area (TPSA) is 59.1 Å². The lowest BCUT2D eigenvalue weighted by molar-refractivity contribution is 0.169. The summed E-state index contributed by atoms with van der Waals surface area (Å²) in [7, 11) is 0. The van der Waals surface area contributed by atoms with E-state index in [1.807, 2.05) is 19.9 Å². The fourth-order valence-corrected chi connectivity index (χ4v) is 1.33. The average Bonchev–Trinajstić information content (AvgIpc) is 2.10. The second-order valence-electron chi connectivity index (χ2n) is 3.20. The lowest BCUT2D eigenvalue weighted by Crippen LogP contribution is -2.08. The molecule has 13 heavy (non-hydrogen) atoms. The van der Waals surface area contributed by atoms with Crippen molar-refractivity contribution in [3.05, 3.63) is 29.1 Å². The Labute approximate surface area is 78.6 Å². The number of aromatic nitrogens is 1. The van der Waals surface area contributed by atoms with Crippen molar-refractivity contribution in [3.63, 3.8) is 0 Å². The van der Waals surface area contributed by atoms with Crippen molar-refractivity contribution in [2.75, 3.05) is 6.54 Å². The van der Waals surface area contributed by atoms with Gasteiger partial charge in [0, 0.05) is 11.9 Å². The van der Waals surface area contributed by atoms with Gasteiger partial charge in [0.15, 0.2) is 0 Å². The van der Waals surface area contributed by atoms with E-state index in [0.717, 1.165) is 16.8 Å². The van der Waals surface area contributed by atoms with Crippen molar-refractivity contribution >= 4 is 0 Å². The molecule has 0 saturated carbocycles. The molecule has 3 N–H and O–H groups in total. The van der Waals surface area contributed by atoms with Gasteiger partial charge >= 0.3 is 0 Å². The molecule has 1 aromatic rings. The van der Waals surface area contributed by atoms with Gasteiger partial charge in [0.1, 0.15) is 0 Å². The Morgan fingerprint density at radius 2 is 2.23 bits per heavy atom. The van der Waals surface area contributed by atoms with Gasteiger partial charge in [-0.05, 0) is 44.0 Å². The first-order valence-corrected chi connectivity index (χ1v) is 4.47. The second-order valence-corrected chi connectivity index (χ2v) is 3.20. The highest BCUT2D eigenvalue weighted by Crippen LogP contribution is 2.20. The molecule has 0 bridgehead atoms. The predicted octanol–water partition coefficient (Wildman–Crippen LogP) is 1.08. The maximum atomic E-state index is 9.72. The van der Waals surface area contributed by atoms with E-state index >= 15 is 0 Å². The van der Waals surface area contributed by atoms with Gasteiger partial charge in [-0.3, -0.25) is 4.98 Å². The van der Waals surface area contributed by atoms with E-state index in [9.17, 15) is 5.11 Å². The Balaban J connectivity index is 2.93. The van der Waals surface area contributed by atoms with Gasteiger partial charge in [-0.1, -0.05) is 0 Å². The molecule has 1 unspecified atom stereocenters. The minimum Gasteiger partial charge on any atom is -0.388 e. The minimum atomic E-state index is -0.452. The first-order valence-electron chi connectivity index (χ1n) is 4.47. The molecule has 0 aliphatic carbocycles. The van der Waals surface area contributed by atoms with Crippen LogP contribution in [0.2, 0.25) is 0 Å². The molecule has 0 aliphatic heterocycles. The third-order valence-electron chi connectivity index (χ3n) is 2.30. The molecule has 1 rings (SSSR count). The van der Waals surface area contributed by atoms with Crippen LogP contribution in [-0.4, -0.2) is 16.6 Å². The van der Waals surface area contributed by atoms with Gasteiger partial charge in [-0.25, -0.2) is 0 Å². The molecule has 0 fully saturated rings. The number of rotatable bonds is 3. The van der Waals surface area contributed by atoms with Crippen molar-refractivity contribution < 1.29 is 5.11 Å². The number of nitrogens with zero attached hydrogens (tertiary/aromatic N) is 1. The van der Waals surface area contributed by atoms with Gasteiger partial charge in [-0.15, -0.1) is 0 Å². The van der Waals surface area contributed by atoms with Crippen molar-refractivity contribution in [1.29, 1.82) is 0 Å². The average molecular weight is 180 g/mol. The van der Waals surface area contributed by atoms with Crippen molar-refractivity contribution in [2.45, 2.75) is 26.4 Å². The van der Waals surface area contributed by atoms with Crippen LogP contribution in [0.5, 0.6) is 0 Å². The molecule has 1 aromatic heterocycles. The summed E-state index contributed by atoms with van der Waals surface area (Å²) in [6.45, 7) is 4.41. The third-order valence-corrected chi connectivity index (χ3v) is 2.30. The summed E-state index contributed by atoms with van der Waals surface area (Å²) in [6.07, 6.45) is 1.87. The number of aliphatic hydroxyl groups is 1. The summed E-state index contributed by atoms with van der Waals surface area (Å²) in [5.41, 5.74) is 8.35. The van der Waals surface area contributed by atoms with Gasteiger partial charge < -0.3 is 10.8 Å². The number of hydrogen-bond acceptors (Lipinski definition) is 3. The minimum absolute atomic E-state index is 0.452. The van der Waals surface area contributed by atoms with Crippen LogP contribution in [0.1, 0.15) is 29.3 Å². The van der Waals surface area contributed by atoms with E-state index in [1.165, 1.54) is 0 Å². The van der Waals surface area contributed by atoms with Crippen molar-refractivity contribution in [2.24, 2.45) is 5.73 Å². The highest BCUT2D eigenvalue weighted by molar-refractivity contribution is 5.29. The zero-order valence-electron chi connectivity index (χ0n) is 8.12. The first-order chi connectivity index (χ1) is 6.16. The Morgan fingerprint density at radius 1 is 1.54 bits per heavy atom. The van der Waals surface area contributed by atoms with E-state index in [1.54, 1.807) is 6.20 Å². The summed E-state index contributed by atoms with van der Waals surface area (Å²) >= 11 is 0. The Morgan fingerprint density at radius 3 is 2.85 bits per heavy atom. The van der Waals surface area contributed by atoms with E-state index in [-0.39, 0.29) is 0 Å². The molecule has 0 saturated heterocycles. The third kappa shape index (κ3) is 2.26. The molecule has 0 radical (unpaired) electrons. The summed E-state index contributed by atoms with van der Waals surface area (Å²) in [5, 5.41) is 9.72. The first kappa shape index (κ1) is 10.2. The quantitative estimate of drug-likeness (QED) is 0.731. The lowest BCUT2D eigenvalue weighted by Gasteiger charge is -2.13. The molecule has 72 valence electrons. The standard InChI is InChI=1S/C10H16N2O/c1-7-8(2)12-6-4-9(7)10(13)3-5-11/h4,6,10,13H,3,5,11H2,1-2H3. The van der Waals surface area contributed by atoms with Gasteiger partial charge in [-0.2, -0.15) is 0 Å². The van der Waals surface area contributed by atoms with Gasteiger partial charge in [0.05, 0.1) is 6.10 Å². The Bertz CT molecular complexity index is 286. The van der Waals surface area contributed by atoms with Crippen LogP contribution in [0.25, 0.3) is 0 Å². The molecule has 0 amide bonds. The fourth-order valence-electron chi connectivity index (χ4n) is 1.33. The Hall–Kier alpha value is -0.930. The van der Waals surface area contributed by atoms with Crippen LogP contribution in [-0.2, 0) is 0 Å². The molecule has 1 atom stereocenters. The normalized spacial score (nSPS) is 12.9. The van der Waals surface area contributed by atoms with Gasteiger partial charge in [0.25, 0.3) is 0 Å². The predicted molar refractivity (Wildman–Crippen MR) is 52.3 cm³/mol. The number of aliphatic hydroxyl groups excluding tert-OH is 1. The van der Waals surface area contributed by atoms with Crippen LogP contribution < -0.4 is 5.73 Å². The molecule has 0 aliphatic rings.